The minimum Gasteiger partial charge on any atom is -0.365 e. The summed E-state index contributed by atoms with van der Waals surface area (Å²) in [6.07, 6.45) is 6.93. The van der Waals surface area contributed by atoms with Crippen LogP contribution in [0.1, 0.15) is 36.0 Å². The summed E-state index contributed by atoms with van der Waals surface area (Å²) in [6.45, 7) is 0. The standard InChI is InChI=1S/C20H23FN8O/c21-15-11-14(18(23)30)19(28-20(15)27-17-7-2-1-6-16(17)22)26-12-4-3-5-13(10-12)29-24-8-9-25-29/h3-5,8-11,16-17H,1-2,6-7,22H2,(H2,23,30)(H2,26,27,28)/t16-,17+/m0/s1. The number of hydrogen-bond acceptors (Lipinski definition) is 7. The van der Waals surface area contributed by atoms with Gasteiger partial charge in [-0.2, -0.15) is 15.0 Å². The van der Waals surface area contributed by atoms with Gasteiger partial charge in [-0.1, -0.05) is 18.9 Å². The molecule has 0 spiro atoms. The van der Waals surface area contributed by atoms with Gasteiger partial charge in [0, 0.05) is 17.8 Å². The Hall–Kier alpha value is -3.53. The number of aromatic nitrogens is 4. The first-order valence-electron chi connectivity index (χ1n) is 9.77. The summed E-state index contributed by atoms with van der Waals surface area (Å²) in [7, 11) is 0. The van der Waals surface area contributed by atoms with E-state index in [1.165, 1.54) is 4.80 Å². The summed E-state index contributed by atoms with van der Waals surface area (Å²) in [5.41, 5.74) is 12.9. The van der Waals surface area contributed by atoms with Crippen molar-refractivity contribution in [2.24, 2.45) is 11.5 Å². The molecule has 1 amide bonds. The fourth-order valence-electron chi connectivity index (χ4n) is 3.58. The third kappa shape index (κ3) is 4.23. The Balaban J connectivity index is 1.64. The molecule has 0 bridgehead atoms. The number of benzene rings is 1. The quantitative estimate of drug-likeness (QED) is 0.489. The number of hydrogen-bond donors (Lipinski definition) is 4. The smallest absolute Gasteiger partial charge is 0.252 e. The predicted molar refractivity (Wildman–Crippen MR) is 111 cm³/mol. The molecule has 4 rings (SSSR count). The van der Waals surface area contributed by atoms with E-state index in [1.54, 1.807) is 30.6 Å². The third-order valence-corrected chi connectivity index (χ3v) is 5.14. The molecule has 2 heterocycles. The summed E-state index contributed by atoms with van der Waals surface area (Å²) in [6, 6.07) is 8.12. The van der Waals surface area contributed by atoms with Gasteiger partial charge in [0.2, 0.25) is 0 Å². The summed E-state index contributed by atoms with van der Waals surface area (Å²) in [4.78, 5) is 17.7. The fraction of sp³-hybridized carbons (Fsp3) is 0.300. The second kappa shape index (κ2) is 8.46. The van der Waals surface area contributed by atoms with Gasteiger partial charge in [-0.25, -0.2) is 9.37 Å². The molecule has 0 unspecified atom stereocenters. The topological polar surface area (TPSA) is 137 Å². The van der Waals surface area contributed by atoms with Crippen molar-refractivity contribution in [2.45, 2.75) is 37.8 Å². The maximum Gasteiger partial charge on any atom is 0.252 e. The maximum atomic E-state index is 14.6. The molecule has 0 radical (unpaired) electrons. The minimum absolute atomic E-state index is 0.0368. The molecule has 3 aromatic rings. The first-order valence-corrected chi connectivity index (χ1v) is 9.77. The first kappa shape index (κ1) is 19.8. The Morgan fingerprint density at radius 1 is 1.13 bits per heavy atom. The first-order chi connectivity index (χ1) is 14.5. The highest BCUT2D eigenvalue weighted by molar-refractivity contribution is 5.98. The lowest BCUT2D eigenvalue weighted by Crippen LogP contribution is -2.43. The molecule has 1 fully saturated rings. The van der Waals surface area contributed by atoms with E-state index in [4.69, 9.17) is 11.5 Å². The number of halogens is 1. The van der Waals surface area contributed by atoms with Gasteiger partial charge in [-0.05, 0) is 37.1 Å². The van der Waals surface area contributed by atoms with Crippen LogP contribution >= 0.6 is 0 Å². The highest BCUT2D eigenvalue weighted by Crippen LogP contribution is 2.27. The van der Waals surface area contributed by atoms with Crippen LogP contribution in [0.3, 0.4) is 0 Å². The van der Waals surface area contributed by atoms with Crippen LogP contribution in [0.25, 0.3) is 5.69 Å². The Morgan fingerprint density at radius 3 is 2.63 bits per heavy atom. The fourth-order valence-corrected chi connectivity index (χ4v) is 3.58. The summed E-state index contributed by atoms with van der Waals surface area (Å²) in [5.74, 6) is -1.24. The van der Waals surface area contributed by atoms with Crippen molar-refractivity contribution in [3.8, 4) is 5.69 Å². The third-order valence-electron chi connectivity index (χ3n) is 5.14. The molecule has 10 heteroatoms. The van der Waals surface area contributed by atoms with Gasteiger partial charge in [0.25, 0.3) is 5.91 Å². The van der Waals surface area contributed by atoms with Gasteiger partial charge in [0.15, 0.2) is 11.6 Å². The van der Waals surface area contributed by atoms with E-state index in [0.717, 1.165) is 31.7 Å². The molecule has 0 aliphatic heterocycles. The van der Waals surface area contributed by atoms with Crippen molar-refractivity contribution in [3.63, 3.8) is 0 Å². The van der Waals surface area contributed by atoms with E-state index in [9.17, 15) is 9.18 Å². The molecule has 2 aromatic heterocycles. The number of amides is 1. The van der Waals surface area contributed by atoms with E-state index < -0.39 is 11.7 Å². The molecule has 1 aromatic carbocycles. The number of nitrogens with zero attached hydrogens (tertiary/aromatic N) is 4. The molecular formula is C20H23FN8O. The van der Waals surface area contributed by atoms with E-state index >= 15 is 0 Å². The molecular weight excluding hydrogens is 387 g/mol. The molecule has 1 aliphatic rings. The second-order valence-electron chi connectivity index (χ2n) is 7.27. The number of carbonyl (C=O) groups excluding carboxylic acids is 1. The van der Waals surface area contributed by atoms with Crippen LogP contribution in [0, 0.1) is 5.82 Å². The Morgan fingerprint density at radius 2 is 1.90 bits per heavy atom. The average molecular weight is 410 g/mol. The number of rotatable bonds is 6. The molecule has 30 heavy (non-hydrogen) atoms. The number of nitrogens with one attached hydrogen (secondary N) is 2. The van der Waals surface area contributed by atoms with Gasteiger partial charge >= 0.3 is 0 Å². The van der Waals surface area contributed by atoms with Crippen molar-refractivity contribution in [1.29, 1.82) is 0 Å². The van der Waals surface area contributed by atoms with Crippen LogP contribution in [0.15, 0.2) is 42.7 Å². The molecule has 2 atom stereocenters. The van der Waals surface area contributed by atoms with Crippen molar-refractivity contribution in [3.05, 3.63) is 54.1 Å². The normalized spacial score (nSPS) is 18.7. The summed E-state index contributed by atoms with van der Waals surface area (Å²) < 4.78 is 14.6. The zero-order valence-electron chi connectivity index (χ0n) is 16.3. The number of carbonyl (C=O) groups is 1. The molecule has 156 valence electrons. The van der Waals surface area contributed by atoms with Crippen LogP contribution in [0.5, 0.6) is 0 Å². The molecule has 0 saturated heterocycles. The molecule has 1 aliphatic carbocycles. The predicted octanol–water partition coefficient (Wildman–Crippen LogP) is 2.33. The molecule has 9 nitrogen and oxygen atoms in total. The van der Waals surface area contributed by atoms with E-state index in [1.807, 2.05) is 6.07 Å². The van der Waals surface area contributed by atoms with Crippen LogP contribution in [0.4, 0.5) is 21.7 Å². The zero-order valence-corrected chi connectivity index (χ0v) is 16.3. The number of primary amides is 1. The zero-order chi connectivity index (χ0) is 21.1. The Bertz CT molecular complexity index is 1040. The highest BCUT2D eigenvalue weighted by Gasteiger charge is 2.24. The van der Waals surface area contributed by atoms with Crippen LogP contribution < -0.4 is 22.1 Å². The van der Waals surface area contributed by atoms with Gasteiger partial charge in [0.1, 0.15) is 5.82 Å². The molecule has 1 saturated carbocycles. The van der Waals surface area contributed by atoms with Gasteiger partial charge < -0.3 is 22.1 Å². The number of pyridine rings is 1. The van der Waals surface area contributed by atoms with Crippen LogP contribution in [0.2, 0.25) is 0 Å². The van der Waals surface area contributed by atoms with E-state index in [2.05, 4.69) is 25.8 Å². The van der Waals surface area contributed by atoms with Gasteiger partial charge in [-0.15, -0.1) is 0 Å². The average Bonchev–Trinajstić information content (AvgIpc) is 3.27. The number of nitrogens with two attached hydrogens (primary N) is 2. The maximum absolute atomic E-state index is 14.6. The Labute approximate surface area is 172 Å². The van der Waals surface area contributed by atoms with Crippen molar-refractivity contribution in [2.75, 3.05) is 10.6 Å². The van der Waals surface area contributed by atoms with Crippen molar-refractivity contribution >= 4 is 23.2 Å². The van der Waals surface area contributed by atoms with Crippen LogP contribution in [-0.2, 0) is 0 Å². The van der Waals surface area contributed by atoms with Gasteiger partial charge in [-0.3, -0.25) is 4.79 Å². The SMILES string of the molecule is NC(=O)c1cc(F)c(N[C@@H]2CCCC[C@@H]2N)nc1Nc1cccc(-n2nccn2)c1. The van der Waals surface area contributed by atoms with Crippen molar-refractivity contribution < 1.29 is 9.18 Å². The molecule has 6 N–H and O–H groups in total. The van der Waals surface area contributed by atoms with Crippen molar-refractivity contribution in [1.82, 2.24) is 20.0 Å². The second-order valence-corrected chi connectivity index (χ2v) is 7.27. The van der Waals surface area contributed by atoms with Crippen LogP contribution in [-0.4, -0.2) is 38.0 Å². The van der Waals surface area contributed by atoms with E-state index in [-0.39, 0.29) is 29.3 Å². The summed E-state index contributed by atoms with van der Waals surface area (Å²) >= 11 is 0. The Kier molecular flexibility index (Phi) is 5.57. The lowest BCUT2D eigenvalue weighted by Gasteiger charge is -2.30. The minimum atomic E-state index is -0.783. The van der Waals surface area contributed by atoms with E-state index in [0.29, 0.717) is 11.4 Å². The lowest BCUT2D eigenvalue weighted by atomic mass is 9.91. The summed E-state index contributed by atoms with van der Waals surface area (Å²) in [5, 5.41) is 14.3. The monoisotopic (exact) mass is 410 g/mol. The largest absolute Gasteiger partial charge is 0.365 e. The van der Waals surface area contributed by atoms with Gasteiger partial charge in [0.05, 0.1) is 23.6 Å². The highest BCUT2D eigenvalue weighted by atomic mass is 19.1. The lowest BCUT2D eigenvalue weighted by molar-refractivity contribution is 0.100. The number of anilines is 3.